The lowest BCUT2D eigenvalue weighted by Crippen LogP contribution is -2.04. The van der Waals surface area contributed by atoms with Gasteiger partial charge in [0.1, 0.15) is 17.4 Å². The van der Waals surface area contributed by atoms with Gasteiger partial charge < -0.3 is 4.74 Å². The van der Waals surface area contributed by atoms with Gasteiger partial charge in [-0.05, 0) is 64.8 Å². The molecular formula is C16H13BrF2O2. The molecule has 0 unspecified atom stereocenters. The van der Waals surface area contributed by atoms with Crippen LogP contribution in [0.3, 0.4) is 0 Å². The maximum Gasteiger partial charge on any atom is 0.163 e. The van der Waals surface area contributed by atoms with Crippen molar-refractivity contribution >= 4 is 21.7 Å². The molecule has 0 atom stereocenters. The lowest BCUT2D eigenvalue weighted by Gasteiger charge is -2.06. The Morgan fingerprint density at radius 3 is 2.48 bits per heavy atom. The Labute approximate surface area is 129 Å². The van der Waals surface area contributed by atoms with Gasteiger partial charge in [0, 0.05) is 12.0 Å². The molecule has 0 aliphatic carbocycles. The summed E-state index contributed by atoms with van der Waals surface area (Å²) in [7, 11) is 0. The summed E-state index contributed by atoms with van der Waals surface area (Å²) >= 11 is 3.07. The van der Waals surface area contributed by atoms with Crippen LogP contribution in [0.4, 0.5) is 8.78 Å². The lowest BCUT2D eigenvalue weighted by atomic mass is 10.1. The van der Waals surface area contributed by atoms with Crippen molar-refractivity contribution in [3.63, 3.8) is 0 Å². The number of Topliss-reactive ketones (excluding diaryl/α,β-unsaturated/α-hetero) is 1. The second kappa shape index (κ2) is 7.31. The molecule has 0 N–H and O–H groups in total. The molecule has 0 aliphatic heterocycles. The van der Waals surface area contributed by atoms with Crippen LogP contribution >= 0.6 is 15.9 Å². The minimum Gasteiger partial charge on any atom is -0.494 e. The topological polar surface area (TPSA) is 26.3 Å². The molecule has 2 rings (SSSR count). The Morgan fingerprint density at radius 2 is 1.81 bits per heavy atom. The summed E-state index contributed by atoms with van der Waals surface area (Å²) in [6.07, 6.45) is 0.846. The Morgan fingerprint density at radius 1 is 1.10 bits per heavy atom. The summed E-state index contributed by atoms with van der Waals surface area (Å²) in [4.78, 5) is 11.8. The summed E-state index contributed by atoms with van der Waals surface area (Å²) in [5.41, 5.74) is 0.487. The molecule has 2 nitrogen and oxygen atoms in total. The van der Waals surface area contributed by atoms with Crippen molar-refractivity contribution in [2.24, 2.45) is 0 Å². The number of rotatable bonds is 6. The van der Waals surface area contributed by atoms with E-state index in [2.05, 4.69) is 15.9 Å². The molecule has 0 amide bonds. The molecule has 0 heterocycles. The van der Waals surface area contributed by atoms with E-state index in [4.69, 9.17) is 4.74 Å². The van der Waals surface area contributed by atoms with Gasteiger partial charge in [-0.25, -0.2) is 8.78 Å². The molecule has 110 valence electrons. The lowest BCUT2D eigenvalue weighted by molar-refractivity contribution is 0.0973. The van der Waals surface area contributed by atoms with Crippen molar-refractivity contribution in [2.45, 2.75) is 12.8 Å². The fraction of sp³-hybridized carbons (Fsp3) is 0.188. The summed E-state index contributed by atoms with van der Waals surface area (Å²) in [5, 5.41) is 0. The second-order valence-corrected chi connectivity index (χ2v) is 5.31. The van der Waals surface area contributed by atoms with Crippen LogP contribution < -0.4 is 4.74 Å². The predicted octanol–water partition coefficient (Wildman–Crippen LogP) is 4.77. The second-order valence-electron chi connectivity index (χ2n) is 4.46. The molecule has 0 saturated carbocycles. The van der Waals surface area contributed by atoms with E-state index >= 15 is 0 Å². The molecule has 0 spiro atoms. The van der Waals surface area contributed by atoms with E-state index in [9.17, 15) is 13.6 Å². The van der Waals surface area contributed by atoms with Crippen LogP contribution in [0.25, 0.3) is 0 Å². The van der Waals surface area contributed by atoms with Gasteiger partial charge in [-0.2, -0.15) is 0 Å². The number of ether oxygens (including phenoxy) is 1. The van der Waals surface area contributed by atoms with Gasteiger partial charge in [0.25, 0.3) is 0 Å². The van der Waals surface area contributed by atoms with Crippen LogP contribution in [-0.4, -0.2) is 12.4 Å². The number of hydrogen-bond donors (Lipinski definition) is 0. The summed E-state index contributed by atoms with van der Waals surface area (Å²) < 4.78 is 31.6. The largest absolute Gasteiger partial charge is 0.494 e. The highest BCUT2D eigenvalue weighted by molar-refractivity contribution is 9.10. The van der Waals surface area contributed by atoms with Gasteiger partial charge in [-0.1, -0.05) is 0 Å². The average Bonchev–Trinajstić information content (AvgIpc) is 2.47. The predicted molar refractivity (Wildman–Crippen MR) is 79.6 cm³/mol. The molecule has 5 heteroatoms. The maximum atomic E-state index is 13.0. The van der Waals surface area contributed by atoms with Crippen LogP contribution in [0.2, 0.25) is 0 Å². The van der Waals surface area contributed by atoms with Crippen LogP contribution in [-0.2, 0) is 0 Å². The van der Waals surface area contributed by atoms with Gasteiger partial charge in [-0.15, -0.1) is 0 Å². The first-order chi connectivity index (χ1) is 10.1. The number of carbonyl (C=O) groups is 1. The van der Waals surface area contributed by atoms with Crippen LogP contribution in [0.15, 0.2) is 46.9 Å². The van der Waals surface area contributed by atoms with Crippen molar-refractivity contribution in [2.75, 3.05) is 6.61 Å². The van der Waals surface area contributed by atoms with E-state index in [0.29, 0.717) is 35.2 Å². The molecule has 0 aromatic heterocycles. The van der Waals surface area contributed by atoms with Gasteiger partial charge >= 0.3 is 0 Å². The van der Waals surface area contributed by atoms with Crippen molar-refractivity contribution in [3.05, 3.63) is 64.1 Å². The van der Waals surface area contributed by atoms with E-state index in [1.165, 1.54) is 42.5 Å². The molecule has 2 aromatic rings. The first-order valence-corrected chi connectivity index (χ1v) is 7.22. The van der Waals surface area contributed by atoms with Crippen LogP contribution in [0.1, 0.15) is 23.2 Å². The van der Waals surface area contributed by atoms with E-state index in [1.807, 2.05) is 0 Å². The zero-order valence-electron chi connectivity index (χ0n) is 11.1. The Hall–Kier alpha value is -1.75. The molecule has 0 bridgehead atoms. The molecule has 0 aliphatic rings. The maximum absolute atomic E-state index is 13.0. The third kappa shape index (κ3) is 4.63. The van der Waals surface area contributed by atoms with E-state index < -0.39 is 0 Å². The molecule has 2 aromatic carbocycles. The Bertz CT molecular complexity index is 627. The molecule has 0 fully saturated rings. The summed E-state index contributed by atoms with van der Waals surface area (Å²) in [6.45, 7) is 0.352. The zero-order valence-corrected chi connectivity index (χ0v) is 12.7. The number of hydrogen-bond acceptors (Lipinski definition) is 2. The van der Waals surface area contributed by atoms with E-state index in [-0.39, 0.29) is 17.4 Å². The summed E-state index contributed by atoms with van der Waals surface area (Å²) in [5.74, 6) is -0.234. The van der Waals surface area contributed by atoms with Crippen LogP contribution in [0.5, 0.6) is 5.75 Å². The SMILES string of the molecule is O=C(CCCOc1ccc(F)c(Br)c1)c1ccc(F)cc1. The minimum atomic E-state index is -0.364. The van der Waals surface area contributed by atoms with E-state index in [1.54, 1.807) is 0 Å². The third-order valence-corrected chi connectivity index (χ3v) is 3.48. The van der Waals surface area contributed by atoms with Gasteiger partial charge in [-0.3, -0.25) is 4.79 Å². The average molecular weight is 355 g/mol. The zero-order chi connectivity index (χ0) is 15.2. The van der Waals surface area contributed by atoms with Gasteiger partial charge in [0.2, 0.25) is 0 Å². The van der Waals surface area contributed by atoms with Crippen LogP contribution in [0, 0.1) is 11.6 Å². The number of benzene rings is 2. The van der Waals surface area contributed by atoms with Gasteiger partial charge in [0.15, 0.2) is 5.78 Å². The first kappa shape index (κ1) is 15.6. The van der Waals surface area contributed by atoms with E-state index in [0.717, 1.165) is 0 Å². The first-order valence-electron chi connectivity index (χ1n) is 6.43. The van der Waals surface area contributed by atoms with Crippen molar-refractivity contribution in [1.82, 2.24) is 0 Å². The number of carbonyl (C=O) groups excluding carboxylic acids is 1. The minimum absolute atomic E-state index is 0.0566. The normalized spacial score (nSPS) is 10.4. The van der Waals surface area contributed by atoms with Gasteiger partial charge in [0.05, 0.1) is 11.1 Å². The molecule has 0 saturated heterocycles. The Balaban J connectivity index is 1.77. The van der Waals surface area contributed by atoms with Crippen molar-refractivity contribution < 1.29 is 18.3 Å². The monoisotopic (exact) mass is 354 g/mol. The smallest absolute Gasteiger partial charge is 0.163 e. The third-order valence-electron chi connectivity index (χ3n) is 2.87. The highest BCUT2D eigenvalue weighted by Crippen LogP contribution is 2.21. The Kier molecular flexibility index (Phi) is 5.44. The fourth-order valence-corrected chi connectivity index (χ4v) is 2.13. The molecular weight excluding hydrogens is 342 g/mol. The number of ketones is 1. The van der Waals surface area contributed by atoms with Crippen molar-refractivity contribution in [1.29, 1.82) is 0 Å². The number of halogens is 3. The molecule has 21 heavy (non-hydrogen) atoms. The fourth-order valence-electron chi connectivity index (χ4n) is 1.77. The summed E-state index contributed by atoms with van der Waals surface area (Å²) in [6, 6.07) is 9.84. The highest BCUT2D eigenvalue weighted by Gasteiger charge is 2.06. The standard InChI is InChI=1S/C16H13BrF2O2/c17-14-10-13(7-8-15(14)19)21-9-1-2-16(20)11-3-5-12(18)6-4-11/h3-8,10H,1-2,9H2. The highest BCUT2D eigenvalue weighted by atomic mass is 79.9. The quantitative estimate of drug-likeness (QED) is 0.551. The van der Waals surface area contributed by atoms with Crippen molar-refractivity contribution in [3.8, 4) is 5.75 Å². The molecule has 0 radical (unpaired) electrons.